The van der Waals surface area contributed by atoms with E-state index in [-0.39, 0.29) is 18.2 Å². The summed E-state index contributed by atoms with van der Waals surface area (Å²) in [6.45, 7) is 7.08. The van der Waals surface area contributed by atoms with Crippen LogP contribution in [0, 0.1) is 6.92 Å². The second-order valence-corrected chi connectivity index (χ2v) is 4.84. The Morgan fingerprint density at radius 3 is 2.75 bits per heavy atom. The first-order valence-corrected chi connectivity index (χ1v) is 6.33. The van der Waals surface area contributed by atoms with Crippen LogP contribution in [0.4, 0.5) is 0 Å². The van der Waals surface area contributed by atoms with E-state index in [9.17, 15) is 4.79 Å². The minimum Gasteiger partial charge on any atom is -0.314 e. The topological polar surface area (TPSA) is 29.1 Å². The van der Waals surface area contributed by atoms with Gasteiger partial charge in [0.1, 0.15) is 0 Å². The quantitative estimate of drug-likeness (QED) is 0.795. The molecular weight excluding hydrogens is 242 g/mol. The molecular formula is C12H20ClNOS. The van der Waals surface area contributed by atoms with Gasteiger partial charge in [0.2, 0.25) is 0 Å². The Bertz CT molecular complexity index is 325. The third kappa shape index (κ3) is 5.10. The minimum atomic E-state index is 0. The van der Waals surface area contributed by atoms with Crippen LogP contribution in [0.2, 0.25) is 0 Å². The Morgan fingerprint density at radius 2 is 2.25 bits per heavy atom. The fraction of sp³-hybridized carbons (Fsp3) is 0.583. The van der Waals surface area contributed by atoms with Crippen molar-refractivity contribution in [3.63, 3.8) is 0 Å². The van der Waals surface area contributed by atoms with Gasteiger partial charge < -0.3 is 5.32 Å². The molecule has 1 heterocycles. The van der Waals surface area contributed by atoms with Crippen molar-refractivity contribution in [2.45, 2.75) is 39.7 Å². The van der Waals surface area contributed by atoms with Gasteiger partial charge in [0.05, 0.1) is 4.88 Å². The summed E-state index contributed by atoms with van der Waals surface area (Å²) >= 11 is 1.54. The van der Waals surface area contributed by atoms with Crippen molar-refractivity contribution in [2.24, 2.45) is 0 Å². The zero-order valence-corrected chi connectivity index (χ0v) is 11.7. The molecule has 0 amide bonds. The average molecular weight is 262 g/mol. The molecule has 0 aromatic carbocycles. The molecule has 2 nitrogen and oxygen atoms in total. The van der Waals surface area contributed by atoms with Crippen LogP contribution in [-0.2, 0) is 0 Å². The van der Waals surface area contributed by atoms with Crippen molar-refractivity contribution in [2.75, 3.05) is 6.54 Å². The van der Waals surface area contributed by atoms with Crippen LogP contribution in [-0.4, -0.2) is 18.4 Å². The average Bonchev–Trinajstić information content (AvgIpc) is 2.64. The molecule has 1 atom stereocenters. The second kappa shape index (κ2) is 7.82. The fourth-order valence-electron chi connectivity index (χ4n) is 1.28. The lowest BCUT2D eigenvalue weighted by Gasteiger charge is -2.09. The molecule has 0 aliphatic rings. The lowest BCUT2D eigenvalue weighted by molar-refractivity contribution is 0.0985. The Balaban J connectivity index is 0.00000225. The van der Waals surface area contributed by atoms with Crippen LogP contribution < -0.4 is 5.32 Å². The number of carbonyl (C=O) groups excluding carboxylic acids is 1. The number of nitrogens with one attached hydrogen (secondary N) is 1. The molecule has 0 spiro atoms. The Morgan fingerprint density at radius 1 is 1.56 bits per heavy atom. The highest BCUT2D eigenvalue weighted by Gasteiger charge is 2.08. The Labute approximate surface area is 108 Å². The van der Waals surface area contributed by atoms with Gasteiger partial charge in [-0.1, -0.05) is 6.92 Å². The predicted molar refractivity (Wildman–Crippen MR) is 73.0 cm³/mol. The summed E-state index contributed by atoms with van der Waals surface area (Å²) in [5.74, 6) is 0.254. The third-order valence-corrected chi connectivity index (χ3v) is 3.55. The van der Waals surface area contributed by atoms with Gasteiger partial charge in [-0.15, -0.1) is 23.7 Å². The Hall–Kier alpha value is -0.380. The van der Waals surface area contributed by atoms with E-state index in [1.54, 1.807) is 11.3 Å². The van der Waals surface area contributed by atoms with E-state index >= 15 is 0 Å². The van der Waals surface area contributed by atoms with E-state index < -0.39 is 0 Å². The van der Waals surface area contributed by atoms with Gasteiger partial charge in [0, 0.05) is 19.0 Å². The van der Waals surface area contributed by atoms with E-state index in [1.807, 2.05) is 18.4 Å². The van der Waals surface area contributed by atoms with E-state index in [2.05, 4.69) is 19.2 Å². The highest BCUT2D eigenvalue weighted by atomic mass is 35.5. The summed E-state index contributed by atoms with van der Waals surface area (Å²) in [6.07, 6.45) is 1.70. The van der Waals surface area contributed by atoms with Crippen molar-refractivity contribution in [3.8, 4) is 0 Å². The maximum Gasteiger partial charge on any atom is 0.174 e. The summed E-state index contributed by atoms with van der Waals surface area (Å²) in [6, 6.07) is 2.47. The van der Waals surface area contributed by atoms with Crippen molar-refractivity contribution in [1.29, 1.82) is 0 Å². The zero-order chi connectivity index (χ0) is 11.3. The van der Waals surface area contributed by atoms with Gasteiger partial charge in [0.25, 0.3) is 0 Å². The molecule has 0 radical (unpaired) electrons. The highest BCUT2D eigenvalue weighted by Crippen LogP contribution is 2.15. The van der Waals surface area contributed by atoms with Crippen molar-refractivity contribution in [3.05, 3.63) is 21.9 Å². The van der Waals surface area contributed by atoms with Crippen molar-refractivity contribution < 1.29 is 4.79 Å². The van der Waals surface area contributed by atoms with E-state index in [4.69, 9.17) is 0 Å². The standard InChI is InChI=1S/C12H19NOS.ClH/c1-4-10(3)13-6-5-11(14)12-7-9(2)8-15-12;/h7-8,10,13H,4-6H2,1-3H3;1H. The van der Waals surface area contributed by atoms with E-state index in [0.29, 0.717) is 12.5 Å². The van der Waals surface area contributed by atoms with Crippen molar-refractivity contribution >= 4 is 29.5 Å². The molecule has 16 heavy (non-hydrogen) atoms. The molecule has 1 aromatic rings. The molecule has 1 rings (SSSR count). The molecule has 4 heteroatoms. The Kier molecular flexibility index (Phi) is 7.64. The monoisotopic (exact) mass is 261 g/mol. The number of rotatable bonds is 6. The summed E-state index contributed by atoms with van der Waals surface area (Å²) in [5.41, 5.74) is 1.18. The molecule has 92 valence electrons. The molecule has 0 aliphatic carbocycles. The first kappa shape index (κ1) is 15.6. The van der Waals surface area contributed by atoms with E-state index in [1.165, 1.54) is 5.56 Å². The number of carbonyl (C=O) groups is 1. The SMILES string of the molecule is CCC(C)NCCC(=O)c1cc(C)cs1.Cl. The maximum absolute atomic E-state index is 11.7. The first-order chi connectivity index (χ1) is 7.13. The van der Waals surface area contributed by atoms with Gasteiger partial charge in [-0.05, 0) is 37.3 Å². The number of Topliss-reactive ketones (excluding diaryl/α,β-unsaturated/α-hetero) is 1. The van der Waals surface area contributed by atoms with Gasteiger partial charge in [0.15, 0.2) is 5.78 Å². The number of hydrogen-bond acceptors (Lipinski definition) is 3. The fourth-order valence-corrected chi connectivity index (χ4v) is 2.15. The van der Waals surface area contributed by atoms with Gasteiger partial charge >= 0.3 is 0 Å². The van der Waals surface area contributed by atoms with Crippen molar-refractivity contribution in [1.82, 2.24) is 5.32 Å². The summed E-state index contributed by atoms with van der Waals surface area (Å²) in [4.78, 5) is 12.6. The maximum atomic E-state index is 11.7. The lowest BCUT2D eigenvalue weighted by atomic mass is 10.2. The van der Waals surface area contributed by atoms with Gasteiger partial charge in [-0.25, -0.2) is 0 Å². The predicted octanol–water partition coefficient (Wildman–Crippen LogP) is 3.44. The summed E-state index contributed by atoms with van der Waals surface area (Å²) in [7, 11) is 0. The minimum absolute atomic E-state index is 0. The van der Waals surface area contributed by atoms with Crippen LogP contribution in [0.5, 0.6) is 0 Å². The largest absolute Gasteiger partial charge is 0.314 e. The first-order valence-electron chi connectivity index (χ1n) is 5.45. The lowest BCUT2D eigenvalue weighted by Crippen LogP contribution is -2.27. The number of thiophene rings is 1. The molecule has 1 unspecified atom stereocenters. The van der Waals surface area contributed by atoms with Crippen LogP contribution in [0.25, 0.3) is 0 Å². The second-order valence-electron chi connectivity index (χ2n) is 3.92. The number of halogens is 1. The highest BCUT2D eigenvalue weighted by molar-refractivity contribution is 7.12. The van der Waals surface area contributed by atoms with Gasteiger partial charge in [-0.2, -0.15) is 0 Å². The van der Waals surface area contributed by atoms with Crippen LogP contribution in [0.15, 0.2) is 11.4 Å². The number of hydrogen-bond donors (Lipinski definition) is 1. The molecule has 1 N–H and O–H groups in total. The third-order valence-electron chi connectivity index (χ3n) is 2.46. The summed E-state index contributed by atoms with van der Waals surface area (Å²) < 4.78 is 0. The number of aryl methyl sites for hydroxylation is 1. The van der Waals surface area contributed by atoms with Crippen LogP contribution >= 0.6 is 23.7 Å². The normalized spacial score (nSPS) is 11.9. The van der Waals surface area contributed by atoms with Crippen LogP contribution in [0.1, 0.15) is 41.9 Å². The smallest absolute Gasteiger partial charge is 0.174 e. The molecule has 0 saturated heterocycles. The molecule has 0 fully saturated rings. The van der Waals surface area contributed by atoms with E-state index in [0.717, 1.165) is 17.8 Å². The molecule has 0 aliphatic heterocycles. The zero-order valence-electron chi connectivity index (χ0n) is 10.1. The molecule has 0 bridgehead atoms. The summed E-state index contributed by atoms with van der Waals surface area (Å²) in [5, 5.41) is 5.35. The molecule has 0 saturated carbocycles. The van der Waals surface area contributed by atoms with Crippen LogP contribution in [0.3, 0.4) is 0 Å². The number of ketones is 1. The molecule has 1 aromatic heterocycles. The van der Waals surface area contributed by atoms with Gasteiger partial charge in [-0.3, -0.25) is 4.79 Å².